The summed E-state index contributed by atoms with van der Waals surface area (Å²) in [6.45, 7) is 5.82. The third-order valence-electron chi connectivity index (χ3n) is 4.52. The Hall–Kier alpha value is -3.33. The largest absolute Gasteiger partial charge is 0.495 e. The average molecular weight is 426 g/mol. The van der Waals surface area contributed by atoms with Crippen LogP contribution in [0.1, 0.15) is 18.1 Å². The summed E-state index contributed by atoms with van der Waals surface area (Å²) in [7, 11) is 1.44. The van der Waals surface area contributed by atoms with Gasteiger partial charge in [-0.15, -0.1) is 0 Å². The molecule has 1 N–H and O–H groups in total. The van der Waals surface area contributed by atoms with Crippen LogP contribution in [0.5, 0.6) is 5.75 Å². The molecule has 1 atom stereocenters. The molecule has 3 rings (SSSR count). The Kier molecular flexibility index (Phi) is 6.41. The Labute approximate surface area is 178 Å². The number of carbonyl (C=O) groups is 1. The second-order valence-corrected chi connectivity index (χ2v) is 8.07. The zero-order chi connectivity index (χ0) is 21.8. The number of nitrogens with one attached hydrogen (secondary N) is 1. The maximum absolute atomic E-state index is 12.8. The van der Waals surface area contributed by atoms with Crippen molar-refractivity contribution in [2.75, 3.05) is 12.4 Å². The van der Waals surface area contributed by atoms with Gasteiger partial charge in [-0.2, -0.15) is 0 Å². The molecule has 0 fully saturated rings. The van der Waals surface area contributed by atoms with E-state index < -0.39 is 10.2 Å². The summed E-state index contributed by atoms with van der Waals surface area (Å²) in [5.41, 5.74) is 3.39. The standard InChI is InChI=1S/C21H22N4O4S/c1-13-5-7-18(14(2)11-13)24-10-9-22-21(24)30-15(3)20(26)23-17-12-16(25(27)28)6-8-19(17)29-4/h5-12,15H,1-4H3,(H,23,26). The van der Waals surface area contributed by atoms with Crippen molar-refractivity contribution >= 4 is 29.0 Å². The number of imidazole rings is 1. The molecule has 9 heteroatoms. The topological polar surface area (TPSA) is 99.3 Å². The summed E-state index contributed by atoms with van der Waals surface area (Å²) in [5, 5.41) is 13.9. The van der Waals surface area contributed by atoms with Gasteiger partial charge in [0.05, 0.1) is 28.7 Å². The molecule has 0 saturated heterocycles. The normalized spacial score (nSPS) is 11.7. The minimum atomic E-state index is -0.520. The van der Waals surface area contributed by atoms with Crippen molar-refractivity contribution in [3.8, 4) is 11.4 Å². The molecule has 8 nitrogen and oxygen atoms in total. The number of nitro groups is 1. The fraction of sp³-hybridized carbons (Fsp3) is 0.238. The van der Waals surface area contributed by atoms with Gasteiger partial charge in [0.1, 0.15) is 5.75 Å². The molecule has 0 aliphatic heterocycles. The summed E-state index contributed by atoms with van der Waals surface area (Å²) in [6, 6.07) is 10.2. The number of anilines is 1. The first kappa shape index (κ1) is 21.4. The van der Waals surface area contributed by atoms with Crippen LogP contribution in [0.4, 0.5) is 11.4 Å². The van der Waals surface area contributed by atoms with E-state index in [-0.39, 0.29) is 17.3 Å². The fourth-order valence-electron chi connectivity index (χ4n) is 2.99. The van der Waals surface area contributed by atoms with E-state index in [9.17, 15) is 14.9 Å². The van der Waals surface area contributed by atoms with Crippen molar-refractivity contribution in [1.82, 2.24) is 9.55 Å². The van der Waals surface area contributed by atoms with E-state index in [0.29, 0.717) is 10.9 Å². The van der Waals surface area contributed by atoms with E-state index in [1.54, 1.807) is 13.1 Å². The van der Waals surface area contributed by atoms with Crippen LogP contribution in [0.25, 0.3) is 5.69 Å². The Morgan fingerprint density at radius 2 is 2.03 bits per heavy atom. The number of nitrogens with zero attached hydrogens (tertiary/aromatic N) is 3. The SMILES string of the molecule is COc1ccc([N+](=O)[O-])cc1NC(=O)C(C)Sc1nccn1-c1ccc(C)cc1C. The van der Waals surface area contributed by atoms with Crippen LogP contribution < -0.4 is 10.1 Å². The number of hydrogen-bond donors (Lipinski definition) is 1. The predicted octanol–water partition coefficient (Wildman–Crippen LogP) is 4.53. The van der Waals surface area contributed by atoms with Gasteiger partial charge in [0, 0.05) is 24.5 Å². The van der Waals surface area contributed by atoms with Crippen molar-refractivity contribution in [1.29, 1.82) is 0 Å². The second-order valence-electron chi connectivity index (χ2n) is 6.76. The smallest absolute Gasteiger partial charge is 0.271 e. The van der Waals surface area contributed by atoms with Crippen molar-refractivity contribution in [2.24, 2.45) is 0 Å². The Bertz CT molecular complexity index is 1100. The van der Waals surface area contributed by atoms with E-state index in [2.05, 4.69) is 16.4 Å². The maximum atomic E-state index is 12.8. The number of hydrogen-bond acceptors (Lipinski definition) is 6. The van der Waals surface area contributed by atoms with Gasteiger partial charge >= 0.3 is 0 Å². The number of nitro benzene ring substituents is 1. The molecule has 0 bridgehead atoms. The zero-order valence-corrected chi connectivity index (χ0v) is 17.9. The average Bonchev–Trinajstić information content (AvgIpc) is 3.15. The lowest BCUT2D eigenvalue weighted by molar-refractivity contribution is -0.384. The Balaban J connectivity index is 1.79. The first-order chi connectivity index (χ1) is 14.3. The second kappa shape index (κ2) is 9.00. The molecule has 30 heavy (non-hydrogen) atoms. The number of rotatable bonds is 7. The van der Waals surface area contributed by atoms with Crippen LogP contribution in [-0.2, 0) is 4.79 Å². The van der Waals surface area contributed by atoms with E-state index in [0.717, 1.165) is 11.3 Å². The molecule has 0 radical (unpaired) electrons. The van der Waals surface area contributed by atoms with Gasteiger partial charge in [-0.3, -0.25) is 19.5 Å². The molecule has 1 unspecified atom stereocenters. The third kappa shape index (κ3) is 4.62. The fourth-order valence-corrected chi connectivity index (χ4v) is 3.87. The number of methoxy groups -OCH3 is 1. The Morgan fingerprint density at radius 3 is 2.70 bits per heavy atom. The van der Waals surface area contributed by atoms with Gasteiger partial charge in [0.15, 0.2) is 5.16 Å². The van der Waals surface area contributed by atoms with Gasteiger partial charge < -0.3 is 10.1 Å². The van der Waals surface area contributed by atoms with Gasteiger partial charge in [0.2, 0.25) is 5.91 Å². The van der Waals surface area contributed by atoms with Gasteiger partial charge in [-0.05, 0) is 38.5 Å². The highest BCUT2D eigenvalue weighted by molar-refractivity contribution is 8.00. The van der Waals surface area contributed by atoms with Crippen molar-refractivity contribution < 1.29 is 14.5 Å². The highest BCUT2D eigenvalue weighted by atomic mass is 32.2. The first-order valence-corrected chi connectivity index (χ1v) is 10.1. The summed E-state index contributed by atoms with van der Waals surface area (Å²) >= 11 is 1.30. The lowest BCUT2D eigenvalue weighted by atomic mass is 10.1. The molecular weight excluding hydrogens is 404 g/mol. The molecule has 1 heterocycles. The van der Waals surface area contributed by atoms with Crippen LogP contribution in [0.3, 0.4) is 0 Å². The monoisotopic (exact) mass is 426 g/mol. The van der Waals surface area contributed by atoms with Crippen LogP contribution >= 0.6 is 11.8 Å². The number of thioether (sulfide) groups is 1. The molecule has 0 saturated carbocycles. The van der Waals surface area contributed by atoms with Crippen molar-refractivity contribution in [3.05, 3.63) is 70.0 Å². The van der Waals surface area contributed by atoms with E-state index in [1.807, 2.05) is 36.7 Å². The summed E-state index contributed by atoms with van der Waals surface area (Å²) in [6.07, 6.45) is 3.55. The molecule has 0 aliphatic rings. The Morgan fingerprint density at radius 1 is 1.27 bits per heavy atom. The van der Waals surface area contributed by atoms with Gasteiger partial charge in [0.25, 0.3) is 5.69 Å². The molecule has 156 valence electrons. The van der Waals surface area contributed by atoms with E-state index in [4.69, 9.17) is 4.74 Å². The lowest BCUT2D eigenvalue weighted by Crippen LogP contribution is -2.23. The first-order valence-electron chi connectivity index (χ1n) is 9.21. The number of benzene rings is 2. The zero-order valence-electron chi connectivity index (χ0n) is 17.1. The minimum Gasteiger partial charge on any atom is -0.495 e. The van der Waals surface area contributed by atoms with E-state index in [1.165, 1.54) is 42.6 Å². The number of aryl methyl sites for hydroxylation is 2. The number of aromatic nitrogens is 2. The number of ether oxygens (including phenoxy) is 1. The third-order valence-corrected chi connectivity index (χ3v) is 5.60. The highest BCUT2D eigenvalue weighted by Crippen LogP contribution is 2.31. The van der Waals surface area contributed by atoms with Gasteiger partial charge in [-0.25, -0.2) is 4.98 Å². The predicted molar refractivity (Wildman–Crippen MR) is 117 cm³/mol. The molecule has 0 aliphatic carbocycles. The number of carbonyl (C=O) groups excluding carboxylic acids is 1. The lowest BCUT2D eigenvalue weighted by Gasteiger charge is -2.15. The minimum absolute atomic E-state index is 0.128. The summed E-state index contributed by atoms with van der Waals surface area (Å²) < 4.78 is 7.15. The summed E-state index contributed by atoms with van der Waals surface area (Å²) in [5.74, 6) is 0.0388. The van der Waals surface area contributed by atoms with E-state index >= 15 is 0 Å². The molecule has 3 aromatic rings. The quantitative estimate of drug-likeness (QED) is 0.339. The van der Waals surface area contributed by atoms with Crippen molar-refractivity contribution in [3.63, 3.8) is 0 Å². The highest BCUT2D eigenvalue weighted by Gasteiger charge is 2.21. The van der Waals surface area contributed by atoms with Crippen LogP contribution in [-0.4, -0.2) is 32.7 Å². The summed E-state index contributed by atoms with van der Waals surface area (Å²) in [4.78, 5) is 27.7. The van der Waals surface area contributed by atoms with Crippen LogP contribution in [0.15, 0.2) is 53.9 Å². The molecular formula is C21H22N4O4S. The number of non-ortho nitro benzene ring substituents is 1. The number of amides is 1. The molecule has 1 amide bonds. The molecule has 1 aromatic heterocycles. The maximum Gasteiger partial charge on any atom is 0.271 e. The van der Waals surface area contributed by atoms with Gasteiger partial charge in [-0.1, -0.05) is 29.5 Å². The molecule has 0 spiro atoms. The van der Waals surface area contributed by atoms with Crippen molar-refractivity contribution in [2.45, 2.75) is 31.2 Å². The van der Waals surface area contributed by atoms with Crippen LogP contribution in [0, 0.1) is 24.0 Å². The van der Waals surface area contributed by atoms with Crippen LogP contribution in [0.2, 0.25) is 0 Å². The molecule has 2 aromatic carbocycles.